The zero-order chi connectivity index (χ0) is 18.4. The molecule has 3 rings (SSSR count). The van der Waals surface area contributed by atoms with E-state index in [4.69, 9.17) is 0 Å². The smallest absolute Gasteiger partial charge is 0.315 e. The van der Waals surface area contributed by atoms with E-state index in [1.807, 2.05) is 24.3 Å². The maximum atomic E-state index is 12.2. The molecule has 1 atom stereocenters. The summed E-state index contributed by atoms with van der Waals surface area (Å²) in [6.07, 6.45) is 8.50. The van der Waals surface area contributed by atoms with Crippen LogP contribution in [-0.4, -0.2) is 41.2 Å². The first-order valence-corrected chi connectivity index (χ1v) is 10.2. The fourth-order valence-electron chi connectivity index (χ4n) is 4.19. The van der Waals surface area contributed by atoms with Gasteiger partial charge in [-0.25, -0.2) is 4.79 Å². The monoisotopic (exact) mass is 359 g/mol. The molecule has 3 N–H and O–H groups in total. The van der Waals surface area contributed by atoms with Gasteiger partial charge in [-0.3, -0.25) is 0 Å². The molecule has 1 aliphatic heterocycles. The number of aliphatic hydroxyl groups excluding tert-OH is 1. The lowest BCUT2D eigenvalue weighted by molar-refractivity contribution is 0.117. The van der Waals surface area contributed by atoms with Gasteiger partial charge in [-0.1, -0.05) is 43.5 Å². The standard InChI is InChI=1S/C21H33N3O2/c1-16(25)18-9-7-17(8-10-18)15-22-21(26)23-19-11-13-24(14-12-19)20-5-3-2-4-6-20/h7-10,16,19-20,25H,2-6,11-15H2,1H3,(H2,22,23,26). The molecule has 1 saturated heterocycles. The molecule has 5 nitrogen and oxygen atoms in total. The summed E-state index contributed by atoms with van der Waals surface area (Å²) in [5, 5.41) is 15.6. The Morgan fingerprint density at radius 3 is 2.38 bits per heavy atom. The van der Waals surface area contributed by atoms with E-state index in [1.165, 1.54) is 32.1 Å². The molecule has 0 bridgehead atoms. The Balaban J connectivity index is 1.36. The van der Waals surface area contributed by atoms with Crippen molar-refractivity contribution in [2.75, 3.05) is 13.1 Å². The number of piperidine rings is 1. The van der Waals surface area contributed by atoms with Crippen molar-refractivity contribution in [2.45, 2.75) is 76.6 Å². The van der Waals surface area contributed by atoms with E-state index >= 15 is 0 Å². The average Bonchev–Trinajstić information content (AvgIpc) is 2.68. The van der Waals surface area contributed by atoms with E-state index in [9.17, 15) is 9.90 Å². The highest BCUT2D eigenvalue weighted by atomic mass is 16.3. The number of carbonyl (C=O) groups is 1. The van der Waals surface area contributed by atoms with Crippen LogP contribution in [-0.2, 0) is 6.54 Å². The van der Waals surface area contributed by atoms with Crippen LogP contribution in [0.1, 0.15) is 69.1 Å². The number of aliphatic hydroxyl groups is 1. The second kappa shape index (κ2) is 9.38. The molecule has 2 aliphatic rings. The van der Waals surface area contributed by atoms with Crippen LogP contribution in [0.4, 0.5) is 4.79 Å². The van der Waals surface area contributed by atoms with Gasteiger partial charge in [0.2, 0.25) is 0 Å². The van der Waals surface area contributed by atoms with Crippen molar-refractivity contribution >= 4 is 6.03 Å². The summed E-state index contributed by atoms with van der Waals surface area (Å²) in [5.74, 6) is 0. The Bertz CT molecular complexity index is 559. The molecule has 1 aromatic rings. The predicted octanol–water partition coefficient (Wildman–Crippen LogP) is 3.34. The van der Waals surface area contributed by atoms with Gasteiger partial charge in [-0.15, -0.1) is 0 Å². The minimum absolute atomic E-state index is 0.0827. The minimum atomic E-state index is -0.459. The van der Waals surface area contributed by atoms with Gasteiger partial charge in [0, 0.05) is 31.7 Å². The molecule has 0 aromatic heterocycles. The third kappa shape index (κ3) is 5.45. The summed E-state index contributed by atoms with van der Waals surface area (Å²) < 4.78 is 0. The van der Waals surface area contributed by atoms with Crippen LogP contribution in [0.5, 0.6) is 0 Å². The number of carbonyl (C=O) groups excluding carboxylic acids is 1. The third-order valence-electron chi connectivity index (χ3n) is 5.87. The lowest BCUT2D eigenvalue weighted by Crippen LogP contribution is -2.50. The molecule has 5 heteroatoms. The first-order chi connectivity index (χ1) is 12.6. The Morgan fingerprint density at radius 2 is 1.77 bits per heavy atom. The molecular formula is C21H33N3O2. The number of amides is 2. The first kappa shape index (κ1) is 19.2. The number of nitrogens with one attached hydrogen (secondary N) is 2. The van der Waals surface area contributed by atoms with Crippen molar-refractivity contribution in [3.8, 4) is 0 Å². The Morgan fingerprint density at radius 1 is 1.12 bits per heavy atom. The van der Waals surface area contributed by atoms with E-state index in [0.29, 0.717) is 6.54 Å². The first-order valence-electron chi connectivity index (χ1n) is 10.2. The highest BCUT2D eigenvalue weighted by Crippen LogP contribution is 2.25. The molecule has 26 heavy (non-hydrogen) atoms. The van der Waals surface area contributed by atoms with Crippen LogP contribution in [0.15, 0.2) is 24.3 Å². The summed E-state index contributed by atoms with van der Waals surface area (Å²) in [5.41, 5.74) is 1.93. The van der Waals surface area contributed by atoms with Crippen molar-refractivity contribution in [1.82, 2.24) is 15.5 Å². The second-order valence-corrected chi connectivity index (χ2v) is 7.85. The quantitative estimate of drug-likeness (QED) is 0.755. The van der Waals surface area contributed by atoms with E-state index < -0.39 is 6.10 Å². The van der Waals surface area contributed by atoms with Gasteiger partial charge < -0.3 is 20.6 Å². The SMILES string of the molecule is CC(O)c1ccc(CNC(=O)NC2CCN(C3CCCCC3)CC2)cc1. The number of rotatable bonds is 5. The van der Waals surface area contributed by atoms with Crippen molar-refractivity contribution in [2.24, 2.45) is 0 Å². The second-order valence-electron chi connectivity index (χ2n) is 7.85. The molecule has 0 radical (unpaired) electrons. The van der Waals surface area contributed by atoms with Crippen molar-refractivity contribution < 1.29 is 9.90 Å². The van der Waals surface area contributed by atoms with E-state index in [0.717, 1.165) is 43.1 Å². The Hall–Kier alpha value is -1.59. The predicted molar refractivity (Wildman–Crippen MR) is 104 cm³/mol. The molecular weight excluding hydrogens is 326 g/mol. The molecule has 1 heterocycles. The number of hydrogen-bond donors (Lipinski definition) is 3. The van der Waals surface area contributed by atoms with Crippen molar-refractivity contribution in [3.63, 3.8) is 0 Å². The van der Waals surface area contributed by atoms with E-state index in [1.54, 1.807) is 6.92 Å². The topological polar surface area (TPSA) is 64.6 Å². The van der Waals surface area contributed by atoms with Gasteiger partial charge in [0.25, 0.3) is 0 Å². The fraction of sp³-hybridized carbons (Fsp3) is 0.667. The molecule has 144 valence electrons. The molecule has 1 saturated carbocycles. The van der Waals surface area contributed by atoms with Gasteiger partial charge in [-0.2, -0.15) is 0 Å². The number of nitrogens with zero attached hydrogens (tertiary/aromatic N) is 1. The number of likely N-dealkylation sites (tertiary alicyclic amines) is 1. The summed E-state index contributed by atoms with van der Waals surface area (Å²) >= 11 is 0. The van der Waals surface area contributed by atoms with E-state index in [2.05, 4.69) is 15.5 Å². The maximum Gasteiger partial charge on any atom is 0.315 e. The zero-order valence-corrected chi connectivity index (χ0v) is 15.9. The molecule has 2 amide bonds. The van der Waals surface area contributed by atoms with Gasteiger partial charge in [0.15, 0.2) is 0 Å². The molecule has 1 aromatic carbocycles. The number of benzene rings is 1. The van der Waals surface area contributed by atoms with Crippen molar-refractivity contribution in [3.05, 3.63) is 35.4 Å². The summed E-state index contributed by atoms with van der Waals surface area (Å²) in [7, 11) is 0. The van der Waals surface area contributed by atoms with Crippen LogP contribution in [0.3, 0.4) is 0 Å². The average molecular weight is 360 g/mol. The van der Waals surface area contributed by atoms with Crippen LogP contribution in [0.25, 0.3) is 0 Å². The summed E-state index contributed by atoms with van der Waals surface area (Å²) in [4.78, 5) is 14.8. The number of urea groups is 1. The minimum Gasteiger partial charge on any atom is -0.389 e. The lowest BCUT2D eigenvalue weighted by Gasteiger charge is -2.39. The molecule has 2 fully saturated rings. The summed E-state index contributed by atoms with van der Waals surface area (Å²) in [6.45, 7) is 4.47. The fourth-order valence-corrected chi connectivity index (χ4v) is 4.19. The van der Waals surface area contributed by atoms with Gasteiger partial charge in [-0.05, 0) is 43.7 Å². The third-order valence-corrected chi connectivity index (χ3v) is 5.87. The van der Waals surface area contributed by atoms with Crippen LogP contribution >= 0.6 is 0 Å². The zero-order valence-electron chi connectivity index (χ0n) is 15.9. The normalized spacial score (nSPS) is 21.3. The largest absolute Gasteiger partial charge is 0.389 e. The Labute approximate surface area is 157 Å². The van der Waals surface area contributed by atoms with Crippen molar-refractivity contribution in [1.29, 1.82) is 0 Å². The summed E-state index contributed by atoms with van der Waals surface area (Å²) in [6, 6.07) is 8.69. The highest BCUT2D eigenvalue weighted by molar-refractivity contribution is 5.74. The van der Waals surface area contributed by atoms with Crippen LogP contribution in [0, 0.1) is 0 Å². The van der Waals surface area contributed by atoms with Crippen LogP contribution < -0.4 is 10.6 Å². The Kier molecular flexibility index (Phi) is 6.92. The molecule has 0 spiro atoms. The van der Waals surface area contributed by atoms with Gasteiger partial charge in [0.05, 0.1) is 6.10 Å². The lowest BCUT2D eigenvalue weighted by atomic mass is 9.92. The molecule has 1 aliphatic carbocycles. The van der Waals surface area contributed by atoms with Crippen LogP contribution in [0.2, 0.25) is 0 Å². The van der Waals surface area contributed by atoms with E-state index in [-0.39, 0.29) is 12.1 Å². The highest BCUT2D eigenvalue weighted by Gasteiger charge is 2.26. The van der Waals surface area contributed by atoms with Gasteiger partial charge in [0.1, 0.15) is 0 Å². The maximum absolute atomic E-state index is 12.2. The molecule has 1 unspecified atom stereocenters. The number of hydrogen-bond acceptors (Lipinski definition) is 3. The van der Waals surface area contributed by atoms with Gasteiger partial charge >= 0.3 is 6.03 Å².